The summed E-state index contributed by atoms with van der Waals surface area (Å²) in [4.78, 5) is 27.1. The molecule has 0 aliphatic carbocycles. The van der Waals surface area contributed by atoms with Gasteiger partial charge in [0.1, 0.15) is 0 Å². The Morgan fingerprint density at radius 1 is 0.912 bits per heavy atom. The van der Waals surface area contributed by atoms with Crippen molar-refractivity contribution in [1.29, 1.82) is 0 Å². The first-order chi connectivity index (χ1) is 16.0. The number of non-ortho nitro benzene ring substituents is 1. The molecule has 0 saturated carbocycles. The quantitative estimate of drug-likeness (QED) is 0.447. The number of amides is 1. The van der Waals surface area contributed by atoms with Gasteiger partial charge in [0, 0.05) is 50.4 Å². The molecule has 34 heavy (non-hydrogen) atoms. The van der Waals surface area contributed by atoms with Gasteiger partial charge in [0.2, 0.25) is 0 Å². The number of carbonyl (C=O) groups excluding carboxylic acids is 1. The number of piperidine rings is 2. The molecule has 188 valence electrons. The second-order valence-corrected chi connectivity index (χ2v) is 11.4. The van der Waals surface area contributed by atoms with Gasteiger partial charge in [-0.2, -0.15) is 13.2 Å². The first kappa shape index (κ1) is 24.9. The van der Waals surface area contributed by atoms with Crippen LogP contribution in [0.1, 0.15) is 25.7 Å². The van der Waals surface area contributed by atoms with E-state index in [1.165, 1.54) is 24.3 Å². The van der Waals surface area contributed by atoms with Gasteiger partial charge >= 0.3 is 12.1 Å². The van der Waals surface area contributed by atoms with Crippen LogP contribution in [0.3, 0.4) is 0 Å². The van der Waals surface area contributed by atoms with Gasteiger partial charge in [-0.1, -0.05) is 0 Å². The largest absolute Gasteiger partial charge is 0.471 e. The molecule has 0 unspecified atom stereocenters. The maximum atomic E-state index is 12.9. The van der Waals surface area contributed by atoms with Crippen LogP contribution in [0.5, 0.6) is 0 Å². The van der Waals surface area contributed by atoms with Crippen LogP contribution in [0.15, 0.2) is 29.2 Å². The number of rotatable bonds is 5. The standard InChI is InChI=1S/C21H27F3N4O5S/c22-21(23,24)20(29)26-9-5-15(6-10-26)27-13-17(14-27)25-11-7-19(8-12-25)34(32,33)18-3-1-16(2-4-18)28(30)31/h1-4,15,17,19H,5-14H2. The van der Waals surface area contributed by atoms with Gasteiger partial charge in [-0.3, -0.25) is 24.7 Å². The molecule has 3 heterocycles. The van der Waals surface area contributed by atoms with Crippen LogP contribution in [-0.4, -0.2) is 96.7 Å². The monoisotopic (exact) mass is 504 g/mol. The second kappa shape index (κ2) is 9.42. The molecule has 0 aromatic heterocycles. The maximum absolute atomic E-state index is 12.9. The Morgan fingerprint density at radius 3 is 1.97 bits per heavy atom. The lowest BCUT2D eigenvalue weighted by molar-refractivity contribution is -0.384. The van der Waals surface area contributed by atoms with Crippen molar-refractivity contribution in [2.24, 2.45) is 0 Å². The molecule has 1 aromatic carbocycles. The van der Waals surface area contributed by atoms with E-state index in [4.69, 9.17) is 0 Å². The van der Waals surface area contributed by atoms with E-state index in [1.807, 2.05) is 0 Å². The van der Waals surface area contributed by atoms with Crippen molar-refractivity contribution < 1.29 is 31.3 Å². The first-order valence-corrected chi connectivity index (χ1v) is 12.8. The normalized spacial score (nSPS) is 22.5. The number of hydrogen-bond acceptors (Lipinski definition) is 7. The lowest BCUT2D eigenvalue weighted by atomic mass is 9.95. The highest BCUT2D eigenvalue weighted by molar-refractivity contribution is 7.92. The lowest BCUT2D eigenvalue weighted by Gasteiger charge is -2.51. The van der Waals surface area contributed by atoms with Gasteiger partial charge in [-0.05, 0) is 50.9 Å². The van der Waals surface area contributed by atoms with E-state index in [1.54, 1.807) is 0 Å². The topological polar surface area (TPSA) is 104 Å². The molecule has 0 N–H and O–H groups in total. The van der Waals surface area contributed by atoms with Gasteiger partial charge in [0.25, 0.3) is 5.69 Å². The molecule has 3 saturated heterocycles. The molecule has 1 aromatic rings. The predicted molar refractivity (Wildman–Crippen MR) is 116 cm³/mol. The Kier molecular flexibility index (Phi) is 6.89. The molecule has 3 aliphatic heterocycles. The molecule has 1 amide bonds. The summed E-state index contributed by atoms with van der Waals surface area (Å²) < 4.78 is 63.6. The molecular weight excluding hydrogens is 477 g/mol. The fraction of sp³-hybridized carbons (Fsp3) is 0.667. The van der Waals surface area contributed by atoms with Crippen LogP contribution in [0.25, 0.3) is 0 Å². The van der Waals surface area contributed by atoms with Crippen molar-refractivity contribution in [3.8, 4) is 0 Å². The summed E-state index contributed by atoms with van der Waals surface area (Å²) in [6.45, 7) is 3.06. The molecule has 9 nitrogen and oxygen atoms in total. The van der Waals surface area contributed by atoms with E-state index in [-0.39, 0.29) is 35.8 Å². The maximum Gasteiger partial charge on any atom is 0.471 e. The van der Waals surface area contributed by atoms with Gasteiger partial charge < -0.3 is 4.90 Å². The van der Waals surface area contributed by atoms with Crippen LogP contribution in [0, 0.1) is 10.1 Å². The summed E-state index contributed by atoms with van der Waals surface area (Å²) in [6, 6.07) is 5.43. The molecule has 0 spiro atoms. The number of benzene rings is 1. The number of carbonyl (C=O) groups is 1. The van der Waals surface area contributed by atoms with Crippen molar-refractivity contribution >= 4 is 21.4 Å². The van der Waals surface area contributed by atoms with Gasteiger partial charge in [0.05, 0.1) is 15.1 Å². The predicted octanol–water partition coefficient (Wildman–Crippen LogP) is 2.07. The third kappa shape index (κ3) is 5.05. The molecule has 3 fully saturated rings. The summed E-state index contributed by atoms with van der Waals surface area (Å²) in [5.74, 6) is -1.76. The molecule has 3 aliphatic rings. The van der Waals surface area contributed by atoms with Gasteiger partial charge in [-0.15, -0.1) is 0 Å². The molecular formula is C21H27F3N4O5S. The lowest BCUT2D eigenvalue weighted by Crippen LogP contribution is -2.65. The third-order valence-corrected chi connectivity index (χ3v) is 9.49. The average Bonchev–Trinajstić information content (AvgIpc) is 2.78. The smallest absolute Gasteiger partial charge is 0.335 e. The minimum absolute atomic E-state index is 0.0988. The highest BCUT2D eigenvalue weighted by atomic mass is 32.2. The van der Waals surface area contributed by atoms with Crippen LogP contribution in [-0.2, 0) is 14.6 Å². The summed E-state index contributed by atoms with van der Waals surface area (Å²) in [5.41, 5.74) is -0.152. The molecule has 0 radical (unpaired) electrons. The first-order valence-electron chi connectivity index (χ1n) is 11.3. The Hall–Kier alpha value is -2.25. The van der Waals surface area contributed by atoms with Crippen LogP contribution in [0.2, 0.25) is 0 Å². The highest BCUT2D eigenvalue weighted by Crippen LogP contribution is 2.31. The fourth-order valence-electron chi connectivity index (χ4n) is 5.13. The number of halogens is 3. The Balaban J connectivity index is 1.23. The minimum Gasteiger partial charge on any atom is -0.335 e. The number of nitrogens with zero attached hydrogens (tertiary/aromatic N) is 4. The van der Waals surface area contributed by atoms with Crippen LogP contribution >= 0.6 is 0 Å². The fourth-order valence-corrected chi connectivity index (χ4v) is 6.86. The highest BCUT2D eigenvalue weighted by Gasteiger charge is 2.45. The van der Waals surface area contributed by atoms with E-state index < -0.39 is 32.1 Å². The summed E-state index contributed by atoms with van der Waals surface area (Å²) in [6.07, 6.45) is -2.83. The summed E-state index contributed by atoms with van der Waals surface area (Å²) >= 11 is 0. The second-order valence-electron chi connectivity index (χ2n) is 9.16. The van der Waals surface area contributed by atoms with Crippen molar-refractivity contribution in [2.75, 3.05) is 39.3 Å². The van der Waals surface area contributed by atoms with Crippen molar-refractivity contribution in [1.82, 2.24) is 14.7 Å². The Morgan fingerprint density at radius 2 is 1.47 bits per heavy atom. The van der Waals surface area contributed by atoms with E-state index in [0.29, 0.717) is 38.8 Å². The van der Waals surface area contributed by atoms with Gasteiger partial charge in [-0.25, -0.2) is 8.42 Å². The number of hydrogen-bond donors (Lipinski definition) is 0. The molecule has 0 bridgehead atoms. The number of sulfone groups is 1. The van der Waals surface area contributed by atoms with Crippen LogP contribution in [0.4, 0.5) is 18.9 Å². The number of likely N-dealkylation sites (tertiary alicyclic amines) is 3. The Labute approximate surface area is 195 Å². The molecule has 13 heteroatoms. The van der Waals surface area contributed by atoms with Crippen molar-refractivity contribution in [3.05, 3.63) is 34.4 Å². The average molecular weight is 505 g/mol. The molecule has 0 atom stereocenters. The molecule has 4 rings (SSSR count). The number of alkyl halides is 3. The number of nitro benzene ring substituents is 1. The number of nitro groups is 1. The SMILES string of the molecule is O=C(N1CCC(N2CC(N3CCC(S(=O)(=O)c4ccc([N+](=O)[O-])cc4)CC3)C2)CC1)C(F)(F)F. The summed E-state index contributed by atoms with van der Waals surface area (Å²) in [7, 11) is -3.57. The summed E-state index contributed by atoms with van der Waals surface area (Å²) in [5, 5.41) is 10.3. The van der Waals surface area contributed by atoms with Crippen molar-refractivity contribution in [3.63, 3.8) is 0 Å². The van der Waals surface area contributed by atoms with E-state index in [2.05, 4.69) is 9.80 Å². The van der Waals surface area contributed by atoms with Crippen LogP contribution < -0.4 is 0 Å². The van der Waals surface area contributed by atoms with E-state index >= 15 is 0 Å². The Bertz CT molecular complexity index is 1010. The van der Waals surface area contributed by atoms with E-state index in [0.717, 1.165) is 18.0 Å². The zero-order chi connectivity index (χ0) is 24.7. The minimum atomic E-state index is -4.83. The zero-order valence-electron chi connectivity index (χ0n) is 18.5. The van der Waals surface area contributed by atoms with Crippen molar-refractivity contribution in [2.45, 2.75) is 54.1 Å². The zero-order valence-corrected chi connectivity index (χ0v) is 19.3. The third-order valence-electron chi connectivity index (χ3n) is 7.21. The van der Waals surface area contributed by atoms with Gasteiger partial charge in [0.15, 0.2) is 9.84 Å². The van der Waals surface area contributed by atoms with E-state index in [9.17, 15) is 36.5 Å².